The first kappa shape index (κ1) is 22.6. The van der Waals surface area contributed by atoms with E-state index in [4.69, 9.17) is 4.74 Å². The zero-order chi connectivity index (χ0) is 22.8. The lowest BCUT2D eigenvalue weighted by molar-refractivity contribution is -0.142. The number of nitrogens with zero attached hydrogens (tertiary/aromatic N) is 5. The molecule has 0 spiro atoms. The Morgan fingerprint density at radius 3 is 2.68 bits per heavy atom. The summed E-state index contributed by atoms with van der Waals surface area (Å²) in [5.41, 5.74) is 0.542. The third kappa shape index (κ3) is 5.16. The number of carbonyl (C=O) groups is 2. The Morgan fingerprint density at radius 2 is 2.00 bits per heavy atom. The van der Waals surface area contributed by atoms with E-state index in [2.05, 4.69) is 20.4 Å². The maximum atomic E-state index is 12.9. The molecule has 0 aliphatic carbocycles. The van der Waals surface area contributed by atoms with Crippen molar-refractivity contribution in [3.63, 3.8) is 0 Å². The first-order chi connectivity index (χ1) is 14.6. The first-order valence-electron chi connectivity index (χ1n) is 9.95. The van der Waals surface area contributed by atoms with Crippen LogP contribution in [-0.2, 0) is 32.8 Å². The summed E-state index contributed by atoms with van der Waals surface area (Å²) in [6.07, 6.45) is 1.66. The Labute approximate surface area is 183 Å². The second kappa shape index (κ2) is 8.96. The molecule has 3 aromatic rings. The molecular weight excluding hydrogens is 420 g/mol. The zero-order valence-corrected chi connectivity index (χ0v) is 19.1. The summed E-state index contributed by atoms with van der Waals surface area (Å²) in [5.74, 6) is -0.130. The number of esters is 1. The molecule has 1 N–H and O–H groups in total. The zero-order valence-electron chi connectivity index (χ0n) is 18.3. The van der Waals surface area contributed by atoms with Gasteiger partial charge in [-0.1, -0.05) is 0 Å². The van der Waals surface area contributed by atoms with Crippen LogP contribution >= 0.6 is 11.3 Å². The minimum atomic E-state index is -0.363. The molecule has 0 aliphatic rings. The fourth-order valence-electron chi connectivity index (χ4n) is 3.06. The molecule has 0 aromatic carbocycles. The lowest BCUT2D eigenvalue weighted by Crippen LogP contribution is -2.28. The van der Waals surface area contributed by atoms with E-state index >= 15 is 0 Å². The molecule has 0 bridgehead atoms. The van der Waals surface area contributed by atoms with Crippen LogP contribution < -0.4 is 10.9 Å². The standard InChI is InChI=1S/C20H26N6O4S/c1-6-30-16(28)9-13-11-31-19(23-13)24-15(27)7-8-25-12(2)22-17-14(18(25)29)10-21-26(17)20(3,4)5/h10-11H,6-9H2,1-5H3,(H,23,24,27). The van der Waals surface area contributed by atoms with Crippen LogP contribution in [0.15, 0.2) is 16.4 Å². The minimum absolute atomic E-state index is 0.0583. The van der Waals surface area contributed by atoms with Crippen molar-refractivity contribution < 1.29 is 14.3 Å². The van der Waals surface area contributed by atoms with Crippen LogP contribution in [0.4, 0.5) is 5.13 Å². The second-order valence-corrected chi connectivity index (χ2v) is 8.86. The molecule has 0 saturated heterocycles. The van der Waals surface area contributed by atoms with Gasteiger partial charge in [0.1, 0.15) is 11.2 Å². The fraction of sp³-hybridized carbons (Fsp3) is 0.500. The largest absolute Gasteiger partial charge is 0.466 e. The summed E-state index contributed by atoms with van der Waals surface area (Å²) in [6.45, 7) is 9.93. The Hall–Kier alpha value is -3.08. The smallest absolute Gasteiger partial charge is 0.311 e. The van der Waals surface area contributed by atoms with E-state index in [0.717, 1.165) is 0 Å². The number of hydrogen-bond acceptors (Lipinski definition) is 8. The van der Waals surface area contributed by atoms with Crippen molar-refractivity contribution in [2.24, 2.45) is 0 Å². The molecule has 0 unspecified atom stereocenters. The van der Waals surface area contributed by atoms with E-state index in [0.29, 0.717) is 34.3 Å². The monoisotopic (exact) mass is 446 g/mol. The van der Waals surface area contributed by atoms with Crippen LogP contribution in [0.3, 0.4) is 0 Å². The number of carbonyl (C=O) groups excluding carboxylic acids is 2. The number of thiazole rings is 1. The Balaban J connectivity index is 1.67. The SMILES string of the molecule is CCOC(=O)Cc1csc(NC(=O)CCn2c(C)nc3c(cnn3C(C)(C)C)c2=O)n1. The second-order valence-electron chi connectivity index (χ2n) is 8.00. The first-order valence-corrected chi connectivity index (χ1v) is 10.8. The predicted octanol–water partition coefficient (Wildman–Crippen LogP) is 2.25. The average Bonchev–Trinajstić information content (AvgIpc) is 3.28. The highest BCUT2D eigenvalue weighted by Gasteiger charge is 2.21. The molecule has 0 atom stereocenters. The Bertz CT molecular complexity index is 1170. The summed E-state index contributed by atoms with van der Waals surface area (Å²) in [5, 5.41) is 9.54. The van der Waals surface area contributed by atoms with Gasteiger partial charge in [-0.05, 0) is 34.6 Å². The Morgan fingerprint density at radius 1 is 1.26 bits per heavy atom. The summed E-state index contributed by atoms with van der Waals surface area (Å²) in [4.78, 5) is 45.6. The van der Waals surface area contributed by atoms with Crippen LogP contribution in [0.1, 0.15) is 45.6 Å². The van der Waals surface area contributed by atoms with Gasteiger partial charge < -0.3 is 10.1 Å². The molecule has 0 radical (unpaired) electrons. The summed E-state index contributed by atoms with van der Waals surface area (Å²) in [7, 11) is 0. The number of rotatable bonds is 7. The van der Waals surface area contributed by atoms with Gasteiger partial charge in [-0.3, -0.25) is 19.0 Å². The van der Waals surface area contributed by atoms with Gasteiger partial charge in [0.05, 0.1) is 30.5 Å². The number of hydrogen-bond donors (Lipinski definition) is 1. The number of fused-ring (bicyclic) bond motifs is 1. The molecule has 166 valence electrons. The topological polar surface area (TPSA) is 121 Å². The summed E-state index contributed by atoms with van der Waals surface area (Å²) < 4.78 is 8.09. The highest BCUT2D eigenvalue weighted by Crippen LogP contribution is 2.19. The van der Waals surface area contributed by atoms with Gasteiger partial charge in [-0.15, -0.1) is 11.3 Å². The molecule has 0 aliphatic heterocycles. The molecular formula is C20H26N6O4S. The number of amides is 1. The van der Waals surface area contributed by atoms with Crippen molar-refractivity contribution >= 4 is 39.4 Å². The molecule has 1 amide bonds. The number of ether oxygens (including phenoxy) is 1. The van der Waals surface area contributed by atoms with Crippen LogP contribution in [0.25, 0.3) is 11.0 Å². The summed E-state index contributed by atoms with van der Waals surface area (Å²) in [6, 6.07) is 0. The van der Waals surface area contributed by atoms with Crippen molar-refractivity contribution in [1.82, 2.24) is 24.3 Å². The van der Waals surface area contributed by atoms with Gasteiger partial charge in [0.2, 0.25) is 5.91 Å². The fourth-order valence-corrected chi connectivity index (χ4v) is 3.79. The van der Waals surface area contributed by atoms with Gasteiger partial charge >= 0.3 is 5.97 Å². The van der Waals surface area contributed by atoms with Crippen molar-refractivity contribution in [3.05, 3.63) is 33.4 Å². The molecule has 0 saturated carbocycles. The van der Waals surface area contributed by atoms with E-state index in [-0.39, 0.29) is 42.4 Å². The number of anilines is 1. The maximum absolute atomic E-state index is 12.9. The Kier molecular flexibility index (Phi) is 6.54. The minimum Gasteiger partial charge on any atom is -0.466 e. The lowest BCUT2D eigenvalue weighted by atomic mass is 10.1. The molecule has 10 nitrogen and oxygen atoms in total. The van der Waals surface area contributed by atoms with E-state index in [1.165, 1.54) is 22.1 Å². The van der Waals surface area contributed by atoms with E-state index in [1.807, 2.05) is 20.8 Å². The highest BCUT2D eigenvalue weighted by molar-refractivity contribution is 7.13. The normalized spacial score (nSPS) is 11.6. The molecule has 11 heteroatoms. The van der Waals surface area contributed by atoms with Crippen LogP contribution in [-0.4, -0.2) is 42.8 Å². The quantitative estimate of drug-likeness (QED) is 0.553. The van der Waals surface area contributed by atoms with Gasteiger partial charge in [0.25, 0.3) is 5.56 Å². The number of aromatic nitrogens is 5. The van der Waals surface area contributed by atoms with E-state index in [1.54, 1.807) is 23.9 Å². The average molecular weight is 447 g/mol. The van der Waals surface area contributed by atoms with Crippen LogP contribution in [0, 0.1) is 6.92 Å². The molecule has 3 rings (SSSR count). The van der Waals surface area contributed by atoms with Crippen LogP contribution in [0.2, 0.25) is 0 Å². The lowest BCUT2D eigenvalue weighted by Gasteiger charge is -2.20. The van der Waals surface area contributed by atoms with Crippen molar-refractivity contribution in [2.75, 3.05) is 11.9 Å². The van der Waals surface area contributed by atoms with E-state index < -0.39 is 0 Å². The van der Waals surface area contributed by atoms with Crippen molar-refractivity contribution in [2.45, 2.75) is 59.5 Å². The van der Waals surface area contributed by atoms with Crippen molar-refractivity contribution in [3.8, 4) is 0 Å². The summed E-state index contributed by atoms with van der Waals surface area (Å²) >= 11 is 1.23. The number of nitrogens with one attached hydrogen (secondary N) is 1. The molecule has 31 heavy (non-hydrogen) atoms. The molecule has 3 heterocycles. The van der Waals surface area contributed by atoms with Crippen molar-refractivity contribution in [1.29, 1.82) is 0 Å². The maximum Gasteiger partial charge on any atom is 0.311 e. The van der Waals surface area contributed by atoms with Gasteiger partial charge in [-0.2, -0.15) is 5.10 Å². The van der Waals surface area contributed by atoms with E-state index in [9.17, 15) is 14.4 Å². The van der Waals surface area contributed by atoms with Crippen LogP contribution in [0.5, 0.6) is 0 Å². The molecule has 0 fully saturated rings. The van der Waals surface area contributed by atoms with Gasteiger partial charge in [0.15, 0.2) is 10.8 Å². The number of aryl methyl sites for hydroxylation is 1. The predicted molar refractivity (Wildman–Crippen MR) is 117 cm³/mol. The third-order valence-corrected chi connectivity index (χ3v) is 5.31. The highest BCUT2D eigenvalue weighted by atomic mass is 32.1. The molecule has 3 aromatic heterocycles. The van der Waals surface area contributed by atoms with Gasteiger partial charge in [0, 0.05) is 18.3 Å². The van der Waals surface area contributed by atoms with Gasteiger partial charge in [-0.25, -0.2) is 14.6 Å². The third-order valence-electron chi connectivity index (χ3n) is 4.50.